The number of hydrogen-bond donors (Lipinski definition) is 0. The number of oxazole rings is 1. The minimum atomic E-state index is 0.576. The van der Waals surface area contributed by atoms with Crippen molar-refractivity contribution in [3.05, 3.63) is 194 Å². The molecular weight excluding hydrogens is 713 g/mol. The molecule has 0 amide bonds. The van der Waals surface area contributed by atoms with Crippen LogP contribution in [0.15, 0.2) is 203 Å². The van der Waals surface area contributed by atoms with Crippen LogP contribution in [0.4, 0.5) is 0 Å². The van der Waals surface area contributed by atoms with Gasteiger partial charge in [-0.1, -0.05) is 152 Å². The van der Waals surface area contributed by atoms with Crippen molar-refractivity contribution in [1.29, 1.82) is 0 Å². The van der Waals surface area contributed by atoms with E-state index in [9.17, 15) is 0 Å². The lowest BCUT2D eigenvalue weighted by atomic mass is 9.93. The molecule has 0 N–H and O–H groups in total. The summed E-state index contributed by atoms with van der Waals surface area (Å²) in [5.74, 6) is 2.37. The molecule has 6 nitrogen and oxygen atoms in total. The van der Waals surface area contributed by atoms with Gasteiger partial charge in [0.05, 0.1) is 0 Å². The molecule has 0 saturated heterocycles. The molecule has 0 aliphatic rings. The minimum Gasteiger partial charge on any atom is -0.456 e. The van der Waals surface area contributed by atoms with Crippen LogP contribution in [0.2, 0.25) is 0 Å². The zero-order valence-corrected chi connectivity index (χ0v) is 31.1. The molecule has 8 aromatic carbocycles. The third kappa shape index (κ3) is 6.01. The first-order chi connectivity index (χ1) is 28.7. The summed E-state index contributed by atoms with van der Waals surface area (Å²) in [5.41, 5.74) is 13.3. The molecule has 0 radical (unpaired) electrons. The molecule has 0 spiro atoms. The van der Waals surface area contributed by atoms with E-state index in [0.717, 1.165) is 83.1 Å². The maximum atomic E-state index is 6.52. The standard InChI is InChI=1S/C52H32N4O2/c1-5-14-33(15-6-1)40-27-24-39(31-42(40)34-16-7-2-8-17-34)52-53-44-28-25-38(32-47(44)58-52)37-26-29-45-43(30-37)48-41(22-13-23-46(48)57-45)51-55-49(35-18-9-3-10-19-35)54-50(56-51)36-20-11-4-12-21-36/h1-32H. The lowest BCUT2D eigenvalue weighted by Gasteiger charge is -2.12. The van der Waals surface area contributed by atoms with Gasteiger partial charge in [-0.15, -0.1) is 0 Å². The Balaban J connectivity index is 1.00. The van der Waals surface area contributed by atoms with Gasteiger partial charge in [0, 0.05) is 33.0 Å². The normalized spacial score (nSPS) is 11.4. The Morgan fingerprint density at radius 2 is 0.862 bits per heavy atom. The summed E-state index contributed by atoms with van der Waals surface area (Å²) >= 11 is 0. The predicted molar refractivity (Wildman–Crippen MR) is 233 cm³/mol. The number of aromatic nitrogens is 4. The smallest absolute Gasteiger partial charge is 0.227 e. The zero-order valence-electron chi connectivity index (χ0n) is 31.1. The molecule has 11 aromatic rings. The molecule has 0 fully saturated rings. The summed E-state index contributed by atoms with van der Waals surface area (Å²) in [7, 11) is 0. The summed E-state index contributed by atoms with van der Waals surface area (Å²) < 4.78 is 13.0. The molecule has 3 heterocycles. The second-order valence-corrected chi connectivity index (χ2v) is 14.2. The van der Waals surface area contributed by atoms with Gasteiger partial charge in [0.15, 0.2) is 23.1 Å². The monoisotopic (exact) mass is 744 g/mol. The summed E-state index contributed by atoms with van der Waals surface area (Å²) in [6.07, 6.45) is 0. The zero-order chi connectivity index (χ0) is 38.4. The third-order valence-electron chi connectivity index (χ3n) is 10.6. The molecule has 0 saturated carbocycles. The Labute approximate surface area is 333 Å². The topological polar surface area (TPSA) is 77.8 Å². The Kier molecular flexibility index (Phi) is 8.04. The highest BCUT2D eigenvalue weighted by atomic mass is 16.3. The van der Waals surface area contributed by atoms with Gasteiger partial charge in [-0.3, -0.25) is 0 Å². The molecule has 11 rings (SSSR count). The summed E-state index contributed by atoms with van der Waals surface area (Å²) in [6, 6.07) is 65.9. The Bertz CT molecular complexity index is 3210. The van der Waals surface area contributed by atoms with Gasteiger partial charge in [0.2, 0.25) is 5.89 Å². The number of hydrogen-bond acceptors (Lipinski definition) is 6. The first kappa shape index (κ1) is 33.4. The fourth-order valence-corrected chi connectivity index (χ4v) is 7.75. The van der Waals surface area contributed by atoms with Crippen molar-refractivity contribution in [2.75, 3.05) is 0 Å². The quantitative estimate of drug-likeness (QED) is 0.162. The maximum Gasteiger partial charge on any atom is 0.227 e. The van der Waals surface area contributed by atoms with Crippen molar-refractivity contribution in [3.8, 4) is 79.0 Å². The van der Waals surface area contributed by atoms with Crippen LogP contribution in [0.5, 0.6) is 0 Å². The van der Waals surface area contributed by atoms with Crippen LogP contribution in [0.1, 0.15) is 0 Å². The first-order valence-corrected chi connectivity index (χ1v) is 19.2. The van der Waals surface area contributed by atoms with E-state index in [1.165, 1.54) is 0 Å². The Morgan fingerprint density at radius 3 is 1.53 bits per heavy atom. The van der Waals surface area contributed by atoms with E-state index in [2.05, 4.69) is 97.1 Å². The number of fused-ring (bicyclic) bond motifs is 4. The van der Waals surface area contributed by atoms with Crippen molar-refractivity contribution in [3.63, 3.8) is 0 Å². The van der Waals surface area contributed by atoms with Gasteiger partial charge in [-0.25, -0.2) is 19.9 Å². The van der Waals surface area contributed by atoms with Crippen LogP contribution >= 0.6 is 0 Å². The van der Waals surface area contributed by atoms with Crippen molar-refractivity contribution < 1.29 is 8.83 Å². The van der Waals surface area contributed by atoms with Crippen LogP contribution in [0, 0.1) is 0 Å². The lowest BCUT2D eigenvalue weighted by Crippen LogP contribution is -2.00. The van der Waals surface area contributed by atoms with Crippen molar-refractivity contribution in [1.82, 2.24) is 19.9 Å². The van der Waals surface area contributed by atoms with E-state index in [1.807, 2.05) is 97.1 Å². The van der Waals surface area contributed by atoms with Crippen LogP contribution in [0.25, 0.3) is 112 Å². The highest BCUT2D eigenvalue weighted by Crippen LogP contribution is 2.40. The van der Waals surface area contributed by atoms with Crippen LogP contribution in [0.3, 0.4) is 0 Å². The highest BCUT2D eigenvalue weighted by Gasteiger charge is 2.19. The first-order valence-electron chi connectivity index (χ1n) is 19.2. The maximum absolute atomic E-state index is 6.52. The van der Waals surface area contributed by atoms with Gasteiger partial charge in [0.25, 0.3) is 0 Å². The van der Waals surface area contributed by atoms with Gasteiger partial charge in [-0.05, 0) is 75.8 Å². The van der Waals surface area contributed by atoms with Crippen LogP contribution in [-0.4, -0.2) is 19.9 Å². The van der Waals surface area contributed by atoms with E-state index in [0.29, 0.717) is 28.9 Å². The molecule has 6 heteroatoms. The van der Waals surface area contributed by atoms with E-state index in [-0.39, 0.29) is 0 Å². The van der Waals surface area contributed by atoms with E-state index in [1.54, 1.807) is 0 Å². The van der Waals surface area contributed by atoms with Crippen LogP contribution in [-0.2, 0) is 0 Å². The molecule has 0 aliphatic heterocycles. The third-order valence-corrected chi connectivity index (χ3v) is 10.6. The lowest BCUT2D eigenvalue weighted by molar-refractivity contribution is 0.620. The second kappa shape index (κ2) is 14.0. The largest absolute Gasteiger partial charge is 0.456 e. The fraction of sp³-hybridized carbons (Fsp3) is 0. The van der Waals surface area contributed by atoms with E-state index in [4.69, 9.17) is 28.8 Å². The molecule has 0 bridgehead atoms. The average molecular weight is 745 g/mol. The minimum absolute atomic E-state index is 0.576. The SMILES string of the molecule is c1ccc(-c2nc(-c3ccccc3)nc(-c3cccc4oc5ccc(-c6ccc7nc(-c8ccc(-c9ccccc9)c(-c9ccccc9)c8)oc7c6)cc5c34)n2)cc1. The van der Waals surface area contributed by atoms with Crippen molar-refractivity contribution in [2.45, 2.75) is 0 Å². The second-order valence-electron chi connectivity index (χ2n) is 14.2. The predicted octanol–water partition coefficient (Wildman–Crippen LogP) is 13.6. The van der Waals surface area contributed by atoms with Crippen molar-refractivity contribution >= 4 is 33.0 Å². The average Bonchev–Trinajstić information content (AvgIpc) is 3.91. The summed E-state index contributed by atoms with van der Waals surface area (Å²) in [5, 5.41) is 1.91. The molecule has 272 valence electrons. The summed E-state index contributed by atoms with van der Waals surface area (Å²) in [4.78, 5) is 19.9. The molecule has 0 atom stereocenters. The van der Waals surface area contributed by atoms with Gasteiger partial charge in [0.1, 0.15) is 16.7 Å². The van der Waals surface area contributed by atoms with Crippen LogP contribution < -0.4 is 0 Å². The van der Waals surface area contributed by atoms with Crippen molar-refractivity contribution in [2.24, 2.45) is 0 Å². The van der Waals surface area contributed by atoms with Gasteiger partial charge in [-0.2, -0.15) is 0 Å². The molecular formula is C52H32N4O2. The molecule has 58 heavy (non-hydrogen) atoms. The number of nitrogens with zero attached hydrogens (tertiary/aromatic N) is 4. The number of rotatable bonds is 7. The molecule has 0 aliphatic carbocycles. The van der Waals surface area contributed by atoms with Gasteiger partial charge >= 0.3 is 0 Å². The molecule has 0 unspecified atom stereocenters. The Hall–Kier alpha value is -7.96. The number of benzene rings is 8. The van der Waals surface area contributed by atoms with Gasteiger partial charge < -0.3 is 8.83 Å². The summed E-state index contributed by atoms with van der Waals surface area (Å²) in [6.45, 7) is 0. The van der Waals surface area contributed by atoms with E-state index >= 15 is 0 Å². The number of furan rings is 1. The molecule has 3 aromatic heterocycles. The fourth-order valence-electron chi connectivity index (χ4n) is 7.75. The highest BCUT2D eigenvalue weighted by molar-refractivity contribution is 6.13. The Morgan fingerprint density at radius 1 is 0.293 bits per heavy atom. The van der Waals surface area contributed by atoms with E-state index < -0.39 is 0 Å².